The summed E-state index contributed by atoms with van der Waals surface area (Å²) in [7, 11) is 0. The highest BCUT2D eigenvalue weighted by Gasteiger charge is 2.50. The smallest absolute Gasteiger partial charge is 0.161 e. The molecule has 0 radical (unpaired) electrons. The van der Waals surface area contributed by atoms with Gasteiger partial charge < -0.3 is 14.8 Å². The molecular formula is C17H25NO2. The molecule has 0 amide bonds. The Labute approximate surface area is 121 Å². The minimum atomic E-state index is 0.311. The van der Waals surface area contributed by atoms with E-state index in [4.69, 9.17) is 9.47 Å². The molecule has 1 aromatic carbocycles. The van der Waals surface area contributed by atoms with Gasteiger partial charge in [0, 0.05) is 6.42 Å². The van der Waals surface area contributed by atoms with Crippen molar-refractivity contribution in [3.8, 4) is 11.5 Å². The van der Waals surface area contributed by atoms with E-state index in [1.54, 1.807) is 0 Å². The van der Waals surface area contributed by atoms with Crippen molar-refractivity contribution in [3.63, 3.8) is 0 Å². The largest absolute Gasteiger partial charge is 0.490 e. The molecule has 1 heterocycles. The van der Waals surface area contributed by atoms with Gasteiger partial charge in [-0.25, -0.2) is 0 Å². The standard InChI is InChI=1S/C17H25NO2/c1-3-7-18-12-14-11-17(14,2)13-5-6-15-16(10-13)20-9-4-8-19-15/h5-6,10,14,18H,3-4,7-9,11-12H2,1-2H3. The molecule has 2 aliphatic rings. The van der Waals surface area contributed by atoms with E-state index in [-0.39, 0.29) is 0 Å². The highest BCUT2D eigenvalue weighted by atomic mass is 16.5. The maximum absolute atomic E-state index is 5.81. The van der Waals surface area contributed by atoms with Crippen LogP contribution in [0.4, 0.5) is 0 Å². The fraction of sp³-hybridized carbons (Fsp3) is 0.647. The van der Waals surface area contributed by atoms with Crippen LogP contribution in [0.25, 0.3) is 0 Å². The number of hydrogen-bond donors (Lipinski definition) is 1. The first-order valence-corrected chi connectivity index (χ1v) is 7.85. The molecular weight excluding hydrogens is 250 g/mol. The van der Waals surface area contributed by atoms with E-state index in [0.717, 1.165) is 50.1 Å². The molecule has 2 atom stereocenters. The van der Waals surface area contributed by atoms with Crippen LogP contribution in [0.1, 0.15) is 38.7 Å². The van der Waals surface area contributed by atoms with Crippen LogP contribution in [-0.2, 0) is 5.41 Å². The fourth-order valence-electron chi connectivity index (χ4n) is 3.08. The van der Waals surface area contributed by atoms with Crippen LogP contribution in [0.3, 0.4) is 0 Å². The van der Waals surface area contributed by atoms with Gasteiger partial charge in [-0.3, -0.25) is 0 Å². The van der Waals surface area contributed by atoms with Crippen molar-refractivity contribution < 1.29 is 9.47 Å². The van der Waals surface area contributed by atoms with Crippen LogP contribution in [0.15, 0.2) is 18.2 Å². The lowest BCUT2D eigenvalue weighted by Gasteiger charge is -2.15. The van der Waals surface area contributed by atoms with Crippen LogP contribution in [0.5, 0.6) is 11.5 Å². The zero-order chi connectivity index (χ0) is 14.0. The highest BCUT2D eigenvalue weighted by molar-refractivity contribution is 5.47. The molecule has 1 aromatic rings. The summed E-state index contributed by atoms with van der Waals surface area (Å²) in [6, 6.07) is 6.49. The van der Waals surface area contributed by atoms with E-state index >= 15 is 0 Å². The first-order valence-electron chi connectivity index (χ1n) is 7.85. The highest BCUT2D eigenvalue weighted by Crippen LogP contribution is 2.54. The fourth-order valence-corrected chi connectivity index (χ4v) is 3.08. The summed E-state index contributed by atoms with van der Waals surface area (Å²) < 4.78 is 11.5. The Morgan fingerprint density at radius 3 is 2.85 bits per heavy atom. The number of rotatable bonds is 5. The number of fused-ring (bicyclic) bond motifs is 1. The molecule has 3 heteroatoms. The van der Waals surface area contributed by atoms with Gasteiger partial charge in [-0.05, 0) is 55.0 Å². The topological polar surface area (TPSA) is 30.5 Å². The average molecular weight is 275 g/mol. The third-order valence-corrected chi connectivity index (χ3v) is 4.64. The number of nitrogens with one attached hydrogen (secondary N) is 1. The van der Waals surface area contributed by atoms with Crippen LogP contribution >= 0.6 is 0 Å². The summed E-state index contributed by atoms with van der Waals surface area (Å²) in [6.45, 7) is 8.34. The van der Waals surface area contributed by atoms with Gasteiger partial charge in [-0.2, -0.15) is 0 Å². The molecule has 0 saturated heterocycles. The Morgan fingerprint density at radius 1 is 1.25 bits per heavy atom. The molecule has 3 rings (SSSR count). The van der Waals surface area contributed by atoms with Crippen LogP contribution < -0.4 is 14.8 Å². The van der Waals surface area contributed by atoms with E-state index in [9.17, 15) is 0 Å². The van der Waals surface area contributed by atoms with Crippen molar-refractivity contribution in [2.45, 2.75) is 38.5 Å². The lowest BCUT2D eigenvalue weighted by Crippen LogP contribution is -2.21. The second-order valence-electron chi connectivity index (χ2n) is 6.23. The maximum Gasteiger partial charge on any atom is 0.161 e. The van der Waals surface area contributed by atoms with E-state index in [1.807, 2.05) is 0 Å². The van der Waals surface area contributed by atoms with Gasteiger partial charge in [-0.1, -0.05) is 19.9 Å². The Kier molecular flexibility index (Phi) is 3.88. The molecule has 1 aliphatic heterocycles. The van der Waals surface area contributed by atoms with E-state index < -0.39 is 0 Å². The van der Waals surface area contributed by atoms with Crippen molar-refractivity contribution >= 4 is 0 Å². The predicted octanol–water partition coefficient (Wildman–Crippen LogP) is 3.13. The molecule has 0 bridgehead atoms. The lowest BCUT2D eigenvalue weighted by atomic mass is 9.95. The molecule has 0 aromatic heterocycles. The molecule has 1 saturated carbocycles. The van der Waals surface area contributed by atoms with E-state index in [0.29, 0.717) is 5.41 Å². The number of ether oxygens (including phenoxy) is 2. The quantitative estimate of drug-likeness (QED) is 0.838. The zero-order valence-corrected chi connectivity index (χ0v) is 12.6. The van der Waals surface area contributed by atoms with Gasteiger partial charge >= 0.3 is 0 Å². The van der Waals surface area contributed by atoms with Gasteiger partial charge in [0.25, 0.3) is 0 Å². The van der Waals surface area contributed by atoms with Gasteiger partial charge in [0.2, 0.25) is 0 Å². The van der Waals surface area contributed by atoms with Crippen LogP contribution in [0, 0.1) is 5.92 Å². The number of hydrogen-bond acceptors (Lipinski definition) is 3. The minimum absolute atomic E-state index is 0.311. The summed E-state index contributed by atoms with van der Waals surface area (Å²) in [5, 5.41) is 3.54. The SMILES string of the molecule is CCCNCC1CC1(C)c1ccc2c(c1)OCCCO2. The van der Waals surface area contributed by atoms with Gasteiger partial charge in [-0.15, -0.1) is 0 Å². The Hall–Kier alpha value is -1.22. The Balaban J connectivity index is 1.70. The zero-order valence-electron chi connectivity index (χ0n) is 12.6. The molecule has 110 valence electrons. The monoisotopic (exact) mass is 275 g/mol. The normalized spacial score (nSPS) is 28.0. The van der Waals surface area contributed by atoms with Crippen molar-refractivity contribution in [1.82, 2.24) is 5.32 Å². The van der Waals surface area contributed by atoms with Crippen molar-refractivity contribution in [2.24, 2.45) is 5.92 Å². The predicted molar refractivity (Wildman–Crippen MR) is 80.7 cm³/mol. The molecule has 0 spiro atoms. The maximum atomic E-state index is 5.81. The van der Waals surface area contributed by atoms with E-state index in [1.165, 1.54) is 18.4 Å². The summed E-state index contributed by atoms with van der Waals surface area (Å²) in [5.74, 6) is 2.57. The van der Waals surface area contributed by atoms with Crippen molar-refractivity contribution in [1.29, 1.82) is 0 Å². The summed E-state index contributed by atoms with van der Waals surface area (Å²) in [6.07, 6.45) is 3.43. The van der Waals surface area contributed by atoms with Crippen LogP contribution in [0.2, 0.25) is 0 Å². The molecule has 1 fully saturated rings. The second kappa shape index (κ2) is 5.65. The minimum Gasteiger partial charge on any atom is -0.490 e. The Morgan fingerprint density at radius 2 is 2.05 bits per heavy atom. The first kappa shape index (κ1) is 13.7. The lowest BCUT2D eigenvalue weighted by molar-refractivity contribution is 0.297. The van der Waals surface area contributed by atoms with Crippen molar-refractivity contribution in [2.75, 3.05) is 26.3 Å². The molecule has 20 heavy (non-hydrogen) atoms. The first-order chi connectivity index (χ1) is 9.74. The van der Waals surface area contributed by atoms with Gasteiger partial charge in [0.05, 0.1) is 13.2 Å². The van der Waals surface area contributed by atoms with Gasteiger partial charge in [0.15, 0.2) is 11.5 Å². The number of benzene rings is 1. The molecule has 3 nitrogen and oxygen atoms in total. The van der Waals surface area contributed by atoms with Crippen molar-refractivity contribution in [3.05, 3.63) is 23.8 Å². The molecule has 1 N–H and O–H groups in total. The summed E-state index contributed by atoms with van der Waals surface area (Å²) >= 11 is 0. The third kappa shape index (κ3) is 2.64. The summed E-state index contributed by atoms with van der Waals surface area (Å²) in [4.78, 5) is 0. The van der Waals surface area contributed by atoms with E-state index in [2.05, 4.69) is 37.4 Å². The average Bonchev–Trinajstić information content (AvgIpc) is 3.17. The second-order valence-corrected chi connectivity index (χ2v) is 6.23. The van der Waals surface area contributed by atoms with Crippen LogP contribution in [-0.4, -0.2) is 26.3 Å². The molecule has 1 aliphatic carbocycles. The summed E-state index contributed by atoms with van der Waals surface area (Å²) in [5.41, 5.74) is 1.70. The van der Waals surface area contributed by atoms with Gasteiger partial charge in [0.1, 0.15) is 0 Å². The Bertz CT molecular complexity index is 474. The third-order valence-electron chi connectivity index (χ3n) is 4.64. The molecule has 2 unspecified atom stereocenters.